The molecule has 0 aliphatic rings. The van der Waals surface area contributed by atoms with Gasteiger partial charge in [-0.3, -0.25) is 15.0 Å². The van der Waals surface area contributed by atoms with E-state index in [2.05, 4.69) is 30.9 Å². The molecule has 5 nitrogen and oxygen atoms in total. The molecule has 2 aromatic carbocycles. The zero-order valence-electron chi connectivity index (χ0n) is 14.1. The van der Waals surface area contributed by atoms with Crippen LogP contribution >= 0.6 is 0 Å². The number of hydrogen-bond acceptors (Lipinski definition) is 4. The predicted molar refractivity (Wildman–Crippen MR) is 94.5 cm³/mol. The summed E-state index contributed by atoms with van der Waals surface area (Å²) in [5, 5.41) is 20.6. The highest BCUT2D eigenvalue weighted by molar-refractivity contribution is 5.33. The van der Waals surface area contributed by atoms with Crippen molar-refractivity contribution in [3.63, 3.8) is 0 Å². The SMILES string of the molecule is CC(C)C(CO)N(Cc1ccccc1)Cc1ccc([N+](=O)[O-])cc1. The van der Waals surface area contributed by atoms with Crippen LogP contribution in [0.4, 0.5) is 5.69 Å². The summed E-state index contributed by atoms with van der Waals surface area (Å²) in [5.74, 6) is 0.303. The van der Waals surface area contributed by atoms with Crippen molar-refractivity contribution < 1.29 is 10.0 Å². The maximum absolute atomic E-state index is 10.8. The Morgan fingerprint density at radius 1 is 1.00 bits per heavy atom. The van der Waals surface area contributed by atoms with Gasteiger partial charge in [0.15, 0.2) is 0 Å². The lowest BCUT2D eigenvalue weighted by molar-refractivity contribution is -0.384. The van der Waals surface area contributed by atoms with Crippen LogP contribution in [0, 0.1) is 16.0 Å². The van der Waals surface area contributed by atoms with Crippen LogP contribution in [0.2, 0.25) is 0 Å². The molecule has 0 aromatic heterocycles. The van der Waals surface area contributed by atoms with Gasteiger partial charge in [-0.1, -0.05) is 56.3 Å². The number of nitro groups is 1. The summed E-state index contributed by atoms with van der Waals surface area (Å²) in [4.78, 5) is 12.6. The molecule has 24 heavy (non-hydrogen) atoms. The lowest BCUT2D eigenvalue weighted by atomic mass is 10.0. The van der Waals surface area contributed by atoms with E-state index in [0.717, 1.165) is 12.1 Å². The largest absolute Gasteiger partial charge is 0.395 e. The van der Waals surface area contributed by atoms with Crippen LogP contribution in [0.1, 0.15) is 25.0 Å². The van der Waals surface area contributed by atoms with E-state index >= 15 is 0 Å². The van der Waals surface area contributed by atoms with E-state index in [-0.39, 0.29) is 18.3 Å². The molecule has 0 saturated carbocycles. The number of aliphatic hydroxyl groups excluding tert-OH is 1. The van der Waals surface area contributed by atoms with Crippen molar-refractivity contribution in [1.29, 1.82) is 0 Å². The molecule has 0 fully saturated rings. The summed E-state index contributed by atoms with van der Waals surface area (Å²) >= 11 is 0. The van der Waals surface area contributed by atoms with Crippen LogP contribution < -0.4 is 0 Å². The Kier molecular flexibility index (Phi) is 6.46. The van der Waals surface area contributed by atoms with E-state index < -0.39 is 4.92 Å². The van der Waals surface area contributed by atoms with Crippen molar-refractivity contribution in [2.75, 3.05) is 6.61 Å². The van der Waals surface area contributed by atoms with Crippen LogP contribution in [-0.2, 0) is 13.1 Å². The van der Waals surface area contributed by atoms with Gasteiger partial charge in [0.1, 0.15) is 0 Å². The van der Waals surface area contributed by atoms with Gasteiger partial charge >= 0.3 is 0 Å². The topological polar surface area (TPSA) is 66.6 Å². The Labute approximate surface area is 142 Å². The van der Waals surface area contributed by atoms with Crippen LogP contribution in [-0.4, -0.2) is 27.6 Å². The van der Waals surface area contributed by atoms with Crippen LogP contribution in [0.15, 0.2) is 54.6 Å². The van der Waals surface area contributed by atoms with Gasteiger partial charge in [0.25, 0.3) is 5.69 Å². The lowest BCUT2D eigenvalue weighted by Gasteiger charge is -2.33. The highest BCUT2D eigenvalue weighted by Gasteiger charge is 2.21. The van der Waals surface area contributed by atoms with E-state index in [4.69, 9.17) is 0 Å². The number of nitrogens with zero attached hydrogens (tertiary/aromatic N) is 2. The average molecular weight is 328 g/mol. The van der Waals surface area contributed by atoms with Gasteiger partial charge in [0, 0.05) is 31.3 Å². The quantitative estimate of drug-likeness (QED) is 0.594. The van der Waals surface area contributed by atoms with E-state index in [9.17, 15) is 15.2 Å². The first-order chi connectivity index (χ1) is 11.5. The fraction of sp³-hybridized carbons (Fsp3) is 0.368. The molecule has 0 bridgehead atoms. The number of nitro benzene ring substituents is 1. The van der Waals surface area contributed by atoms with E-state index in [1.165, 1.54) is 17.7 Å². The molecule has 0 aliphatic carbocycles. The van der Waals surface area contributed by atoms with Crippen molar-refractivity contribution in [1.82, 2.24) is 4.90 Å². The summed E-state index contributed by atoms with van der Waals surface area (Å²) in [5.41, 5.74) is 2.27. The second kappa shape index (κ2) is 8.57. The Morgan fingerprint density at radius 3 is 2.00 bits per heavy atom. The van der Waals surface area contributed by atoms with Gasteiger partial charge in [0.2, 0.25) is 0 Å². The number of aliphatic hydroxyl groups is 1. The summed E-state index contributed by atoms with van der Waals surface area (Å²) in [7, 11) is 0. The minimum atomic E-state index is -0.393. The van der Waals surface area contributed by atoms with Gasteiger partial charge in [-0.15, -0.1) is 0 Å². The molecule has 0 amide bonds. The second-order valence-corrected chi connectivity index (χ2v) is 6.31. The molecular weight excluding hydrogens is 304 g/mol. The van der Waals surface area contributed by atoms with Gasteiger partial charge in [-0.25, -0.2) is 0 Å². The van der Waals surface area contributed by atoms with Gasteiger partial charge < -0.3 is 5.11 Å². The molecular formula is C19H24N2O3. The zero-order valence-corrected chi connectivity index (χ0v) is 14.1. The highest BCUT2D eigenvalue weighted by Crippen LogP contribution is 2.20. The first-order valence-electron chi connectivity index (χ1n) is 8.13. The van der Waals surface area contributed by atoms with Crippen LogP contribution in [0.25, 0.3) is 0 Å². The Balaban J connectivity index is 2.19. The maximum atomic E-state index is 10.8. The van der Waals surface area contributed by atoms with Crippen LogP contribution in [0.3, 0.4) is 0 Å². The zero-order chi connectivity index (χ0) is 17.5. The molecule has 2 rings (SSSR count). The second-order valence-electron chi connectivity index (χ2n) is 6.31. The van der Waals surface area contributed by atoms with Crippen molar-refractivity contribution >= 4 is 5.69 Å². The lowest BCUT2D eigenvalue weighted by Crippen LogP contribution is -2.40. The first-order valence-corrected chi connectivity index (χ1v) is 8.13. The van der Waals surface area contributed by atoms with Gasteiger partial charge in [-0.2, -0.15) is 0 Å². The normalized spacial score (nSPS) is 12.5. The fourth-order valence-electron chi connectivity index (χ4n) is 2.81. The predicted octanol–water partition coefficient (Wildman–Crippen LogP) is 3.61. The van der Waals surface area contributed by atoms with Crippen molar-refractivity contribution in [2.24, 2.45) is 5.92 Å². The third kappa shape index (κ3) is 4.88. The highest BCUT2D eigenvalue weighted by atomic mass is 16.6. The summed E-state index contributed by atoms with van der Waals surface area (Å²) in [6, 6.07) is 16.8. The van der Waals surface area contributed by atoms with Crippen molar-refractivity contribution in [3.05, 3.63) is 75.8 Å². The number of benzene rings is 2. The molecule has 1 atom stereocenters. The molecule has 5 heteroatoms. The van der Waals surface area contributed by atoms with Crippen molar-refractivity contribution in [3.8, 4) is 0 Å². The van der Waals surface area contributed by atoms with E-state index in [0.29, 0.717) is 12.5 Å². The molecule has 2 aromatic rings. The van der Waals surface area contributed by atoms with E-state index in [1.807, 2.05) is 18.2 Å². The monoisotopic (exact) mass is 328 g/mol. The molecule has 0 saturated heterocycles. The summed E-state index contributed by atoms with van der Waals surface area (Å²) in [6.45, 7) is 5.62. The van der Waals surface area contributed by atoms with Gasteiger partial charge in [-0.05, 0) is 17.0 Å². The molecule has 0 heterocycles. The minimum Gasteiger partial charge on any atom is -0.395 e. The molecule has 0 radical (unpaired) electrons. The Morgan fingerprint density at radius 2 is 1.54 bits per heavy atom. The molecule has 0 spiro atoms. The van der Waals surface area contributed by atoms with E-state index in [1.54, 1.807) is 12.1 Å². The van der Waals surface area contributed by atoms with Crippen LogP contribution in [0.5, 0.6) is 0 Å². The Hall–Kier alpha value is -2.24. The third-order valence-electron chi connectivity index (χ3n) is 4.19. The molecule has 1 N–H and O–H groups in total. The minimum absolute atomic E-state index is 0.0281. The number of hydrogen-bond donors (Lipinski definition) is 1. The smallest absolute Gasteiger partial charge is 0.269 e. The molecule has 0 aliphatic heterocycles. The average Bonchev–Trinajstić information content (AvgIpc) is 2.56. The van der Waals surface area contributed by atoms with Crippen molar-refractivity contribution in [2.45, 2.75) is 33.0 Å². The fourth-order valence-corrected chi connectivity index (χ4v) is 2.81. The molecule has 128 valence electrons. The number of non-ortho nitro benzene ring substituents is 1. The summed E-state index contributed by atoms with van der Waals surface area (Å²) in [6.07, 6.45) is 0. The Bertz CT molecular complexity index is 641. The number of rotatable bonds is 8. The summed E-state index contributed by atoms with van der Waals surface area (Å²) < 4.78 is 0. The standard InChI is InChI=1S/C19H24N2O3/c1-15(2)19(14-22)20(12-16-6-4-3-5-7-16)13-17-8-10-18(11-9-17)21(23)24/h3-11,15,19,22H,12-14H2,1-2H3. The third-order valence-corrected chi connectivity index (χ3v) is 4.19. The molecule has 1 unspecified atom stereocenters. The maximum Gasteiger partial charge on any atom is 0.269 e. The first kappa shape index (κ1) is 18.1. The van der Waals surface area contributed by atoms with Gasteiger partial charge in [0.05, 0.1) is 11.5 Å².